The number of hydrogen-bond acceptors (Lipinski definition) is 12. The van der Waals surface area contributed by atoms with Crippen LogP contribution in [-0.4, -0.2) is 113 Å². The van der Waals surface area contributed by atoms with Crippen molar-refractivity contribution in [2.75, 3.05) is 46.0 Å². The first-order chi connectivity index (χ1) is 21.0. The largest absolute Gasteiger partial charge is 0.527 e. The van der Waals surface area contributed by atoms with E-state index in [1.54, 1.807) is 45.0 Å². The second kappa shape index (κ2) is 14.9. The smallest absolute Gasteiger partial charge is 0.481 e. The van der Waals surface area contributed by atoms with Gasteiger partial charge in [0.1, 0.15) is 24.4 Å². The molecular weight excluding hydrogens is 578 g/mol. The minimum absolute atomic E-state index is 0.0708. The van der Waals surface area contributed by atoms with Gasteiger partial charge in [-0.15, -0.1) is 5.06 Å². The fourth-order valence-corrected chi connectivity index (χ4v) is 4.58. The standard InChI is InChI=1S/C29H37N5O10/c1-4-40-28(39)44-34-14-12-33(13-15-34)27(38)21(10-11-24(35)36)31-26(37)22-16-23(41-17-20-18-42-29(2,3)43-20)32-25(30-22)19-8-6-5-7-9-19/h5-9,16,20-21H,4,10-15,17-18H2,1-3H3,(H,31,37)(H,35,36)/t20-,21+/m1/s1. The summed E-state index contributed by atoms with van der Waals surface area (Å²) in [5, 5.41) is 13.3. The number of carbonyl (C=O) groups is 4. The van der Waals surface area contributed by atoms with Crippen LogP contribution >= 0.6 is 0 Å². The Hall–Kier alpha value is -4.34. The molecule has 1 aromatic heterocycles. The Morgan fingerprint density at radius 3 is 2.48 bits per heavy atom. The summed E-state index contributed by atoms with van der Waals surface area (Å²) in [6.45, 7) is 6.65. The van der Waals surface area contributed by atoms with E-state index in [9.17, 15) is 24.3 Å². The van der Waals surface area contributed by atoms with Crippen molar-refractivity contribution in [2.24, 2.45) is 0 Å². The molecule has 2 fully saturated rings. The maximum atomic E-state index is 13.5. The van der Waals surface area contributed by atoms with Gasteiger partial charge in [0.25, 0.3) is 5.91 Å². The first-order valence-electron chi connectivity index (χ1n) is 14.3. The number of hydroxylamine groups is 2. The number of carbonyl (C=O) groups excluding carboxylic acids is 3. The minimum Gasteiger partial charge on any atom is -0.481 e. The van der Waals surface area contributed by atoms with Crippen molar-refractivity contribution in [2.45, 2.75) is 51.5 Å². The van der Waals surface area contributed by atoms with Crippen molar-refractivity contribution in [1.29, 1.82) is 0 Å². The van der Waals surface area contributed by atoms with E-state index >= 15 is 0 Å². The van der Waals surface area contributed by atoms with Crippen LogP contribution in [0.2, 0.25) is 0 Å². The molecule has 2 N–H and O–H groups in total. The molecule has 2 atom stereocenters. The van der Waals surface area contributed by atoms with Crippen LogP contribution in [0.5, 0.6) is 5.88 Å². The Morgan fingerprint density at radius 1 is 1.11 bits per heavy atom. The van der Waals surface area contributed by atoms with Gasteiger partial charge in [-0.25, -0.2) is 9.78 Å². The molecule has 2 aliphatic rings. The summed E-state index contributed by atoms with van der Waals surface area (Å²) in [4.78, 5) is 65.4. The number of ether oxygens (including phenoxy) is 4. The molecule has 15 nitrogen and oxygen atoms in total. The van der Waals surface area contributed by atoms with Crippen LogP contribution in [0.1, 0.15) is 44.1 Å². The number of carboxylic acid groups (broad SMARTS) is 1. The first kappa shape index (κ1) is 32.6. The summed E-state index contributed by atoms with van der Waals surface area (Å²) < 4.78 is 22.0. The third-order valence-corrected chi connectivity index (χ3v) is 6.72. The molecule has 0 saturated carbocycles. The highest BCUT2D eigenvalue weighted by atomic mass is 16.8. The van der Waals surface area contributed by atoms with Gasteiger partial charge in [0.05, 0.1) is 26.3 Å². The van der Waals surface area contributed by atoms with Crippen molar-refractivity contribution in [3.63, 3.8) is 0 Å². The van der Waals surface area contributed by atoms with E-state index in [0.717, 1.165) is 0 Å². The van der Waals surface area contributed by atoms with Crippen molar-refractivity contribution < 1.29 is 48.1 Å². The average molecular weight is 616 g/mol. The predicted molar refractivity (Wildman–Crippen MR) is 152 cm³/mol. The molecule has 238 valence electrons. The maximum Gasteiger partial charge on any atom is 0.527 e. The van der Waals surface area contributed by atoms with E-state index in [4.69, 9.17) is 23.8 Å². The Bertz CT molecular complexity index is 1320. The highest BCUT2D eigenvalue weighted by Crippen LogP contribution is 2.24. The predicted octanol–water partition coefficient (Wildman–Crippen LogP) is 1.87. The number of benzene rings is 1. The van der Waals surface area contributed by atoms with Gasteiger partial charge in [-0.2, -0.15) is 4.98 Å². The van der Waals surface area contributed by atoms with E-state index in [2.05, 4.69) is 15.3 Å². The van der Waals surface area contributed by atoms with Gasteiger partial charge in [-0.05, 0) is 27.2 Å². The number of carboxylic acids is 1. The second-order valence-corrected chi connectivity index (χ2v) is 10.5. The van der Waals surface area contributed by atoms with Crippen LogP contribution in [0.3, 0.4) is 0 Å². The Labute approximate surface area is 254 Å². The lowest BCUT2D eigenvalue weighted by Gasteiger charge is -2.35. The Kier molecular flexibility index (Phi) is 11.0. The lowest BCUT2D eigenvalue weighted by atomic mass is 10.1. The van der Waals surface area contributed by atoms with Crippen molar-refractivity contribution in [3.05, 3.63) is 42.1 Å². The van der Waals surface area contributed by atoms with Crippen LogP contribution in [0.4, 0.5) is 4.79 Å². The molecule has 15 heteroatoms. The lowest BCUT2D eigenvalue weighted by Crippen LogP contribution is -2.55. The van der Waals surface area contributed by atoms with Crippen LogP contribution in [0.25, 0.3) is 11.4 Å². The average Bonchev–Trinajstić information content (AvgIpc) is 3.36. The fourth-order valence-electron chi connectivity index (χ4n) is 4.58. The minimum atomic E-state index is -1.15. The van der Waals surface area contributed by atoms with Crippen molar-refractivity contribution >= 4 is 23.9 Å². The van der Waals surface area contributed by atoms with Crippen molar-refractivity contribution in [3.8, 4) is 17.3 Å². The SMILES string of the molecule is CCOC(=O)ON1CCN(C(=O)[C@H](CCC(=O)O)NC(=O)c2cc(OC[C@@H]3COC(C)(C)O3)nc(-c3ccccc3)n2)CC1. The molecular formula is C29H37N5O10. The monoisotopic (exact) mass is 615 g/mol. The number of nitrogens with zero attached hydrogens (tertiary/aromatic N) is 4. The molecule has 4 rings (SSSR count). The number of hydrogen-bond donors (Lipinski definition) is 2. The summed E-state index contributed by atoms with van der Waals surface area (Å²) in [6.07, 6.45) is -1.68. The molecule has 2 aliphatic heterocycles. The Balaban J connectivity index is 1.48. The van der Waals surface area contributed by atoms with Crippen LogP contribution in [0.15, 0.2) is 36.4 Å². The molecule has 0 bridgehead atoms. The number of aromatic nitrogens is 2. The summed E-state index contributed by atoms with van der Waals surface area (Å²) in [7, 11) is 0. The number of piperazine rings is 1. The van der Waals surface area contributed by atoms with E-state index in [0.29, 0.717) is 12.2 Å². The highest BCUT2D eigenvalue weighted by molar-refractivity contribution is 5.96. The molecule has 1 aromatic carbocycles. The highest BCUT2D eigenvalue weighted by Gasteiger charge is 2.34. The van der Waals surface area contributed by atoms with Crippen LogP contribution in [0, 0.1) is 0 Å². The lowest BCUT2D eigenvalue weighted by molar-refractivity contribution is -0.157. The zero-order valence-corrected chi connectivity index (χ0v) is 24.9. The van der Waals surface area contributed by atoms with Gasteiger partial charge in [0.15, 0.2) is 11.6 Å². The third kappa shape index (κ3) is 9.33. The summed E-state index contributed by atoms with van der Waals surface area (Å²) >= 11 is 0. The second-order valence-electron chi connectivity index (χ2n) is 10.5. The molecule has 0 spiro atoms. The molecule has 0 radical (unpaired) electrons. The molecule has 2 amide bonds. The van der Waals surface area contributed by atoms with Crippen LogP contribution in [-0.2, 0) is 28.6 Å². The normalized spacial score (nSPS) is 18.7. The number of rotatable bonds is 12. The summed E-state index contributed by atoms with van der Waals surface area (Å²) in [5.74, 6) is -2.69. The zero-order chi connectivity index (χ0) is 31.7. The van der Waals surface area contributed by atoms with Gasteiger partial charge in [0, 0.05) is 31.1 Å². The molecule has 44 heavy (non-hydrogen) atoms. The van der Waals surface area contributed by atoms with E-state index in [1.807, 2.05) is 6.07 Å². The van der Waals surface area contributed by atoms with Gasteiger partial charge < -0.3 is 39.1 Å². The quantitative estimate of drug-likeness (QED) is 0.331. The molecule has 2 saturated heterocycles. The molecule has 0 unspecified atom stereocenters. The summed E-state index contributed by atoms with van der Waals surface area (Å²) in [5.41, 5.74) is 0.563. The van der Waals surface area contributed by atoms with Gasteiger partial charge in [0.2, 0.25) is 11.8 Å². The number of nitrogens with one attached hydrogen (secondary N) is 1. The van der Waals surface area contributed by atoms with Crippen LogP contribution < -0.4 is 10.1 Å². The van der Waals surface area contributed by atoms with Gasteiger partial charge in [-0.3, -0.25) is 14.4 Å². The summed E-state index contributed by atoms with van der Waals surface area (Å²) in [6, 6.07) is 9.20. The molecule has 3 heterocycles. The Morgan fingerprint density at radius 2 is 1.84 bits per heavy atom. The van der Waals surface area contributed by atoms with E-state index in [1.165, 1.54) is 16.0 Å². The topological polar surface area (TPSA) is 179 Å². The van der Waals surface area contributed by atoms with E-state index in [-0.39, 0.29) is 75.7 Å². The molecule has 2 aromatic rings. The fraction of sp³-hybridized carbons (Fsp3) is 0.517. The molecule has 0 aliphatic carbocycles. The van der Waals surface area contributed by atoms with Crippen molar-refractivity contribution in [1.82, 2.24) is 25.2 Å². The maximum absolute atomic E-state index is 13.5. The van der Waals surface area contributed by atoms with E-state index < -0.39 is 35.8 Å². The zero-order valence-electron chi connectivity index (χ0n) is 24.9. The van der Waals surface area contributed by atoms with Gasteiger partial charge >= 0.3 is 12.1 Å². The number of aliphatic carboxylic acids is 1. The first-order valence-corrected chi connectivity index (χ1v) is 14.3. The number of amides is 2. The van der Waals surface area contributed by atoms with Gasteiger partial charge in [-0.1, -0.05) is 30.3 Å². The third-order valence-electron chi connectivity index (χ3n) is 6.72.